The molecule has 23 heavy (non-hydrogen) atoms. The van der Waals surface area contributed by atoms with Crippen molar-refractivity contribution in [3.05, 3.63) is 35.9 Å². The number of carbonyl (C=O) groups is 1. The van der Waals surface area contributed by atoms with Crippen molar-refractivity contribution in [3.63, 3.8) is 0 Å². The average Bonchev–Trinajstić information content (AvgIpc) is 3.11. The SMILES string of the molecule is CN1CCC(O)(c2ccccc2)C(CCC(=O)N2CCCC2)C1. The molecule has 2 atom stereocenters. The van der Waals surface area contributed by atoms with Crippen LogP contribution < -0.4 is 0 Å². The minimum Gasteiger partial charge on any atom is -0.385 e. The number of amides is 1. The molecule has 0 aliphatic carbocycles. The summed E-state index contributed by atoms with van der Waals surface area (Å²) >= 11 is 0. The van der Waals surface area contributed by atoms with Gasteiger partial charge >= 0.3 is 0 Å². The molecule has 4 heteroatoms. The van der Waals surface area contributed by atoms with Crippen LogP contribution in [0.4, 0.5) is 0 Å². The number of carbonyl (C=O) groups excluding carboxylic acids is 1. The van der Waals surface area contributed by atoms with Crippen LogP contribution in [-0.4, -0.2) is 54.0 Å². The maximum atomic E-state index is 12.3. The normalized spacial score (nSPS) is 29.0. The molecule has 0 bridgehead atoms. The lowest BCUT2D eigenvalue weighted by atomic mass is 9.74. The van der Waals surface area contributed by atoms with Crippen LogP contribution in [0.1, 0.15) is 37.7 Å². The number of nitrogens with zero attached hydrogens (tertiary/aromatic N) is 2. The number of piperidine rings is 1. The number of rotatable bonds is 4. The van der Waals surface area contributed by atoms with Crippen molar-refractivity contribution >= 4 is 5.91 Å². The molecule has 2 saturated heterocycles. The lowest BCUT2D eigenvalue weighted by Gasteiger charge is -2.44. The molecule has 0 spiro atoms. The van der Waals surface area contributed by atoms with Gasteiger partial charge in [-0.1, -0.05) is 30.3 Å². The summed E-state index contributed by atoms with van der Waals surface area (Å²) in [4.78, 5) is 16.6. The van der Waals surface area contributed by atoms with Crippen molar-refractivity contribution in [2.75, 3.05) is 33.2 Å². The summed E-state index contributed by atoms with van der Waals surface area (Å²) in [5, 5.41) is 11.3. The molecule has 2 aliphatic heterocycles. The first kappa shape index (κ1) is 16.5. The Kier molecular flexibility index (Phi) is 5.02. The third-order valence-electron chi connectivity index (χ3n) is 5.52. The van der Waals surface area contributed by atoms with Crippen LogP contribution in [0.15, 0.2) is 30.3 Å². The van der Waals surface area contributed by atoms with E-state index in [0.717, 1.165) is 57.4 Å². The topological polar surface area (TPSA) is 43.8 Å². The molecule has 2 unspecified atom stereocenters. The Hall–Kier alpha value is -1.39. The van der Waals surface area contributed by atoms with E-state index >= 15 is 0 Å². The second kappa shape index (κ2) is 7.02. The Morgan fingerprint density at radius 3 is 2.61 bits per heavy atom. The minimum atomic E-state index is -0.806. The summed E-state index contributed by atoms with van der Waals surface area (Å²) < 4.78 is 0. The van der Waals surface area contributed by atoms with Gasteiger partial charge < -0.3 is 14.9 Å². The quantitative estimate of drug-likeness (QED) is 0.926. The van der Waals surface area contributed by atoms with Crippen LogP contribution in [-0.2, 0) is 10.4 Å². The van der Waals surface area contributed by atoms with Gasteiger partial charge in [0.25, 0.3) is 0 Å². The predicted octanol–water partition coefficient (Wildman–Crippen LogP) is 2.23. The van der Waals surface area contributed by atoms with Crippen LogP contribution in [0.3, 0.4) is 0 Å². The molecule has 2 aliphatic rings. The molecular weight excluding hydrogens is 288 g/mol. The van der Waals surface area contributed by atoms with E-state index in [1.165, 1.54) is 0 Å². The fourth-order valence-electron chi connectivity index (χ4n) is 4.04. The first-order chi connectivity index (χ1) is 11.1. The van der Waals surface area contributed by atoms with Gasteiger partial charge in [-0.25, -0.2) is 0 Å². The summed E-state index contributed by atoms with van der Waals surface area (Å²) in [6, 6.07) is 9.98. The van der Waals surface area contributed by atoms with Crippen LogP contribution in [0, 0.1) is 5.92 Å². The van der Waals surface area contributed by atoms with E-state index in [1.807, 2.05) is 35.2 Å². The zero-order chi connectivity index (χ0) is 16.3. The summed E-state index contributed by atoms with van der Waals surface area (Å²) in [6.45, 7) is 3.55. The molecule has 0 radical (unpaired) electrons. The number of hydrogen-bond acceptors (Lipinski definition) is 3. The van der Waals surface area contributed by atoms with Gasteiger partial charge in [-0.3, -0.25) is 4.79 Å². The standard InChI is InChI=1S/C19H28N2O2/c1-20-14-11-19(23,16-7-3-2-4-8-16)17(15-20)9-10-18(22)21-12-5-6-13-21/h2-4,7-8,17,23H,5-6,9-15H2,1H3. The van der Waals surface area contributed by atoms with E-state index in [9.17, 15) is 9.90 Å². The maximum Gasteiger partial charge on any atom is 0.222 e. The zero-order valence-electron chi connectivity index (χ0n) is 14.1. The van der Waals surface area contributed by atoms with E-state index in [2.05, 4.69) is 11.9 Å². The smallest absolute Gasteiger partial charge is 0.222 e. The molecule has 2 heterocycles. The Bertz CT molecular complexity index is 527. The van der Waals surface area contributed by atoms with Gasteiger partial charge in [0.05, 0.1) is 5.60 Å². The Morgan fingerprint density at radius 1 is 1.22 bits per heavy atom. The van der Waals surface area contributed by atoms with E-state index < -0.39 is 5.60 Å². The summed E-state index contributed by atoms with van der Waals surface area (Å²) in [7, 11) is 2.10. The van der Waals surface area contributed by atoms with Crippen molar-refractivity contribution in [1.29, 1.82) is 0 Å². The maximum absolute atomic E-state index is 12.3. The molecular formula is C19H28N2O2. The first-order valence-electron chi connectivity index (χ1n) is 8.84. The van der Waals surface area contributed by atoms with Crippen molar-refractivity contribution in [3.8, 4) is 0 Å². The lowest BCUT2D eigenvalue weighted by molar-refractivity contribution is -0.131. The third kappa shape index (κ3) is 3.59. The molecule has 1 amide bonds. The van der Waals surface area contributed by atoms with Crippen LogP contribution in [0.2, 0.25) is 0 Å². The monoisotopic (exact) mass is 316 g/mol. The van der Waals surface area contributed by atoms with Gasteiger partial charge in [-0.2, -0.15) is 0 Å². The highest BCUT2D eigenvalue weighted by Crippen LogP contribution is 2.39. The van der Waals surface area contributed by atoms with Crippen molar-refractivity contribution in [2.24, 2.45) is 5.92 Å². The van der Waals surface area contributed by atoms with E-state index in [0.29, 0.717) is 6.42 Å². The van der Waals surface area contributed by atoms with Crippen molar-refractivity contribution < 1.29 is 9.90 Å². The van der Waals surface area contributed by atoms with Crippen LogP contribution in [0.5, 0.6) is 0 Å². The fraction of sp³-hybridized carbons (Fsp3) is 0.632. The van der Waals surface area contributed by atoms with Gasteiger partial charge in [0.15, 0.2) is 0 Å². The fourth-order valence-corrected chi connectivity index (χ4v) is 4.04. The Morgan fingerprint density at radius 2 is 1.91 bits per heavy atom. The lowest BCUT2D eigenvalue weighted by Crippen LogP contribution is -2.49. The van der Waals surface area contributed by atoms with Crippen LogP contribution >= 0.6 is 0 Å². The largest absolute Gasteiger partial charge is 0.385 e. The molecule has 1 aromatic carbocycles. The predicted molar refractivity (Wildman–Crippen MR) is 91.0 cm³/mol. The van der Waals surface area contributed by atoms with E-state index in [-0.39, 0.29) is 11.8 Å². The number of hydrogen-bond donors (Lipinski definition) is 1. The second-order valence-electron chi connectivity index (χ2n) is 7.13. The third-order valence-corrected chi connectivity index (χ3v) is 5.52. The Labute approximate surface area is 139 Å². The molecule has 0 aromatic heterocycles. The van der Waals surface area contributed by atoms with Gasteiger partial charge in [-0.05, 0) is 38.3 Å². The summed E-state index contributed by atoms with van der Waals surface area (Å²) in [5.41, 5.74) is 0.186. The van der Waals surface area contributed by atoms with Gasteiger partial charge in [0, 0.05) is 38.5 Å². The summed E-state index contributed by atoms with van der Waals surface area (Å²) in [5.74, 6) is 0.362. The minimum absolute atomic E-state index is 0.107. The molecule has 1 aromatic rings. The van der Waals surface area contributed by atoms with E-state index in [4.69, 9.17) is 0 Å². The van der Waals surface area contributed by atoms with Crippen molar-refractivity contribution in [1.82, 2.24) is 9.80 Å². The number of likely N-dealkylation sites (tertiary alicyclic amines) is 2. The number of aliphatic hydroxyl groups is 1. The zero-order valence-corrected chi connectivity index (χ0v) is 14.1. The van der Waals surface area contributed by atoms with Gasteiger partial charge in [0.2, 0.25) is 5.91 Å². The average molecular weight is 316 g/mol. The van der Waals surface area contributed by atoms with Gasteiger partial charge in [0.1, 0.15) is 0 Å². The first-order valence-corrected chi connectivity index (χ1v) is 8.84. The highest BCUT2D eigenvalue weighted by Gasteiger charge is 2.42. The molecule has 1 N–H and O–H groups in total. The summed E-state index contributed by atoms with van der Waals surface area (Å²) in [6.07, 6.45) is 4.30. The molecule has 2 fully saturated rings. The highest BCUT2D eigenvalue weighted by atomic mass is 16.3. The number of benzene rings is 1. The molecule has 126 valence electrons. The second-order valence-corrected chi connectivity index (χ2v) is 7.13. The van der Waals surface area contributed by atoms with Crippen LogP contribution in [0.25, 0.3) is 0 Å². The molecule has 0 saturated carbocycles. The molecule has 4 nitrogen and oxygen atoms in total. The van der Waals surface area contributed by atoms with Crippen molar-refractivity contribution in [2.45, 2.75) is 37.7 Å². The van der Waals surface area contributed by atoms with Gasteiger partial charge in [-0.15, -0.1) is 0 Å². The highest BCUT2D eigenvalue weighted by molar-refractivity contribution is 5.76. The van der Waals surface area contributed by atoms with E-state index in [1.54, 1.807) is 0 Å². The molecule has 3 rings (SSSR count). The Balaban J connectivity index is 1.69.